The molecule has 88 valence electrons. The van der Waals surface area contributed by atoms with Gasteiger partial charge in [-0.1, -0.05) is 28.1 Å². The summed E-state index contributed by atoms with van der Waals surface area (Å²) in [5.74, 6) is -0.128. The van der Waals surface area contributed by atoms with Crippen molar-refractivity contribution in [2.45, 2.75) is 0 Å². The number of benzene rings is 1. The van der Waals surface area contributed by atoms with E-state index in [0.717, 1.165) is 15.7 Å². The highest BCUT2D eigenvalue weighted by atomic mass is 79.9. The van der Waals surface area contributed by atoms with Gasteiger partial charge in [-0.3, -0.25) is 0 Å². The Morgan fingerprint density at radius 3 is 2.59 bits per heavy atom. The van der Waals surface area contributed by atoms with Gasteiger partial charge in [-0.05, 0) is 23.8 Å². The molecule has 0 fully saturated rings. The van der Waals surface area contributed by atoms with Crippen LogP contribution in [0.4, 0.5) is 5.82 Å². The second-order valence-electron chi connectivity index (χ2n) is 3.51. The largest absolute Gasteiger partial charge is 0.465 e. The van der Waals surface area contributed by atoms with Crippen molar-refractivity contribution in [3.05, 3.63) is 40.4 Å². The fourth-order valence-electron chi connectivity index (χ4n) is 1.53. The number of nitrogen functional groups attached to an aromatic ring is 1. The molecular formula is C12H11BrN2O2. The lowest BCUT2D eigenvalue weighted by Gasteiger charge is -1.97. The van der Waals surface area contributed by atoms with Crippen molar-refractivity contribution in [2.24, 2.45) is 0 Å². The summed E-state index contributed by atoms with van der Waals surface area (Å²) in [5, 5.41) is 0. The number of aromatic nitrogens is 1. The minimum absolute atomic E-state index is 0.315. The Labute approximate surface area is 107 Å². The van der Waals surface area contributed by atoms with Crippen LogP contribution >= 0.6 is 15.9 Å². The quantitative estimate of drug-likeness (QED) is 0.837. The molecule has 3 N–H and O–H groups in total. The maximum Gasteiger partial charge on any atom is 0.341 e. The number of nitrogens with two attached hydrogens (primary N) is 1. The molecule has 0 aliphatic heterocycles. The minimum atomic E-state index is -0.442. The van der Waals surface area contributed by atoms with E-state index in [-0.39, 0.29) is 0 Å². The number of anilines is 1. The first-order chi connectivity index (χ1) is 8.11. The molecule has 2 rings (SSSR count). The second kappa shape index (κ2) is 4.63. The minimum Gasteiger partial charge on any atom is -0.465 e. The SMILES string of the molecule is COC(=O)c1cc(-c2ccc(Br)cc2)[nH]c1N. The van der Waals surface area contributed by atoms with Crippen LogP contribution in [-0.4, -0.2) is 18.1 Å². The molecule has 2 aromatic rings. The van der Waals surface area contributed by atoms with Gasteiger partial charge in [0.05, 0.1) is 7.11 Å². The van der Waals surface area contributed by atoms with Crippen LogP contribution in [-0.2, 0) is 4.74 Å². The van der Waals surface area contributed by atoms with Gasteiger partial charge in [-0.25, -0.2) is 4.79 Å². The summed E-state index contributed by atoms with van der Waals surface area (Å²) in [5.41, 5.74) is 7.81. The van der Waals surface area contributed by atoms with E-state index in [2.05, 4.69) is 25.7 Å². The van der Waals surface area contributed by atoms with Crippen LogP contribution in [0.3, 0.4) is 0 Å². The van der Waals surface area contributed by atoms with Gasteiger partial charge in [0.1, 0.15) is 11.4 Å². The number of nitrogens with one attached hydrogen (secondary N) is 1. The third kappa shape index (κ3) is 2.34. The maximum absolute atomic E-state index is 11.4. The third-order valence-corrected chi connectivity index (χ3v) is 2.94. The first-order valence-corrected chi connectivity index (χ1v) is 5.74. The van der Waals surface area contributed by atoms with E-state index >= 15 is 0 Å². The molecule has 0 radical (unpaired) electrons. The van der Waals surface area contributed by atoms with Crippen molar-refractivity contribution in [1.82, 2.24) is 4.98 Å². The summed E-state index contributed by atoms with van der Waals surface area (Å²) in [7, 11) is 1.33. The number of halogens is 1. The number of methoxy groups -OCH3 is 1. The van der Waals surface area contributed by atoms with Crippen LogP contribution in [0.15, 0.2) is 34.8 Å². The van der Waals surface area contributed by atoms with Crippen LogP contribution in [0.2, 0.25) is 0 Å². The van der Waals surface area contributed by atoms with E-state index in [1.54, 1.807) is 6.07 Å². The van der Waals surface area contributed by atoms with Crippen LogP contribution < -0.4 is 5.73 Å². The molecular weight excluding hydrogens is 284 g/mol. The Kier molecular flexibility index (Phi) is 3.19. The fraction of sp³-hybridized carbons (Fsp3) is 0.0833. The van der Waals surface area contributed by atoms with Gasteiger partial charge in [0, 0.05) is 10.2 Å². The van der Waals surface area contributed by atoms with E-state index in [1.165, 1.54) is 7.11 Å². The normalized spacial score (nSPS) is 10.2. The lowest BCUT2D eigenvalue weighted by molar-refractivity contribution is 0.0602. The number of carbonyl (C=O) groups is 1. The Morgan fingerprint density at radius 2 is 2.00 bits per heavy atom. The number of hydrogen-bond acceptors (Lipinski definition) is 3. The highest BCUT2D eigenvalue weighted by Crippen LogP contribution is 2.25. The summed E-state index contributed by atoms with van der Waals surface area (Å²) in [4.78, 5) is 14.4. The lowest BCUT2D eigenvalue weighted by atomic mass is 10.1. The number of hydrogen-bond donors (Lipinski definition) is 2. The average molecular weight is 295 g/mol. The van der Waals surface area contributed by atoms with Crippen molar-refractivity contribution < 1.29 is 9.53 Å². The van der Waals surface area contributed by atoms with Crippen molar-refractivity contribution in [2.75, 3.05) is 12.8 Å². The molecule has 0 bridgehead atoms. The van der Waals surface area contributed by atoms with E-state index < -0.39 is 5.97 Å². The Hall–Kier alpha value is -1.75. The molecule has 1 aromatic heterocycles. The third-order valence-electron chi connectivity index (χ3n) is 2.41. The smallest absolute Gasteiger partial charge is 0.341 e. The molecule has 17 heavy (non-hydrogen) atoms. The molecule has 4 nitrogen and oxygen atoms in total. The van der Waals surface area contributed by atoms with Crippen LogP contribution in [0.5, 0.6) is 0 Å². The van der Waals surface area contributed by atoms with Gasteiger partial charge in [-0.2, -0.15) is 0 Å². The zero-order valence-electron chi connectivity index (χ0n) is 9.16. The fourth-order valence-corrected chi connectivity index (χ4v) is 1.80. The van der Waals surface area contributed by atoms with Crippen molar-refractivity contribution in [3.8, 4) is 11.3 Å². The van der Waals surface area contributed by atoms with E-state index in [4.69, 9.17) is 5.73 Å². The number of esters is 1. The molecule has 0 spiro atoms. The van der Waals surface area contributed by atoms with Gasteiger partial charge >= 0.3 is 5.97 Å². The summed E-state index contributed by atoms with van der Waals surface area (Å²) in [6.07, 6.45) is 0. The summed E-state index contributed by atoms with van der Waals surface area (Å²) in [6.45, 7) is 0. The molecule has 0 aliphatic rings. The van der Waals surface area contributed by atoms with Gasteiger partial charge < -0.3 is 15.5 Å². The summed E-state index contributed by atoms with van der Waals surface area (Å²) in [6, 6.07) is 9.38. The summed E-state index contributed by atoms with van der Waals surface area (Å²) >= 11 is 3.36. The molecule has 0 saturated heterocycles. The van der Waals surface area contributed by atoms with E-state index in [9.17, 15) is 4.79 Å². The predicted octanol–water partition coefficient (Wildman–Crippen LogP) is 2.81. The van der Waals surface area contributed by atoms with E-state index in [0.29, 0.717) is 11.4 Å². The zero-order valence-corrected chi connectivity index (χ0v) is 10.7. The first kappa shape index (κ1) is 11.7. The van der Waals surface area contributed by atoms with Crippen molar-refractivity contribution in [3.63, 3.8) is 0 Å². The van der Waals surface area contributed by atoms with Crippen LogP contribution in [0, 0.1) is 0 Å². The maximum atomic E-state index is 11.4. The van der Waals surface area contributed by atoms with Crippen LogP contribution in [0.25, 0.3) is 11.3 Å². The van der Waals surface area contributed by atoms with Gasteiger partial charge in [0.2, 0.25) is 0 Å². The molecule has 5 heteroatoms. The first-order valence-electron chi connectivity index (χ1n) is 4.94. The monoisotopic (exact) mass is 294 g/mol. The Bertz CT molecular complexity index is 546. The topological polar surface area (TPSA) is 68.1 Å². The van der Waals surface area contributed by atoms with Gasteiger partial charge in [0.25, 0.3) is 0 Å². The Balaban J connectivity index is 2.41. The number of carbonyl (C=O) groups excluding carboxylic acids is 1. The number of ether oxygens (including phenoxy) is 1. The average Bonchev–Trinajstić information content (AvgIpc) is 2.71. The van der Waals surface area contributed by atoms with Crippen molar-refractivity contribution >= 4 is 27.7 Å². The lowest BCUT2D eigenvalue weighted by Crippen LogP contribution is -2.02. The van der Waals surface area contributed by atoms with Crippen molar-refractivity contribution in [1.29, 1.82) is 0 Å². The van der Waals surface area contributed by atoms with Gasteiger partial charge in [-0.15, -0.1) is 0 Å². The zero-order chi connectivity index (χ0) is 12.4. The predicted molar refractivity (Wildman–Crippen MR) is 69.7 cm³/mol. The molecule has 1 heterocycles. The van der Waals surface area contributed by atoms with Gasteiger partial charge in [0.15, 0.2) is 0 Å². The molecule has 0 unspecified atom stereocenters. The molecule has 0 saturated carbocycles. The second-order valence-corrected chi connectivity index (χ2v) is 4.42. The molecule has 1 aromatic carbocycles. The molecule has 0 amide bonds. The number of rotatable bonds is 2. The Morgan fingerprint density at radius 1 is 1.35 bits per heavy atom. The highest BCUT2D eigenvalue weighted by molar-refractivity contribution is 9.10. The highest BCUT2D eigenvalue weighted by Gasteiger charge is 2.14. The molecule has 0 aliphatic carbocycles. The van der Waals surface area contributed by atoms with Crippen LogP contribution in [0.1, 0.15) is 10.4 Å². The summed E-state index contributed by atoms with van der Waals surface area (Å²) < 4.78 is 5.63. The number of H-pyrrole nitrogens is 1. The van der Waals surface area contributed by atoms with E-state index in [1.807, 2.05) is 24.3 Å². The standard InChI is InChI=1S/C12H11BrN2O2/c1-17-12(16)9-6-10(15-11(9)14)7-2-4-8(13)5-3-7/h2-6,15H,14H2,1H3. The molecule has 0 atom stereocenters. The number of aromatic amines is 1.